The van der Waals surface area contributed by atoms with Gasteiger partial charge in [0.25, 0.3) is 0 Å². The molecule has 0 spiro atoms. The summed E-state index contributed by atoms with van der Waals surface area (Å²) in [6.45, 7) is 2.04. The van der Waals surface area contributed by atoms with Crippen molar-refractivity contribution in [3.05, 3.63) is 58.4 Å². The molecule has 1 aromatic heterocycles. The van der Waals surface area contributed by atoms with Crippen LogP contribution in [0.4, 0.5) is 10.1 Å². The Kier molecular flexibility index (Phi) is 3.44. The predicted octanol–water partition coefficient (Wildman–Crippen LogP) is 4.64. The lowest BCUT2D eigenvalue weighted by Crippen LogP contribution is -2.06. The molecule has 0 aliphatic carbocycles. The third-order valence-electron chi connectivity index (χ3n) is 3.27. The molecule has 2 aromatic carbocycles. The van der Waals surface area contributed by atoms with Crippen LogP contribution in [0.2, 0.25) is 0 Å². The van der Waals surface area contributed by atoms with E-state index in [1.807, 2.05) is 25.1 Å². The summed E-state index contributed by atoms with van der Waals surface area (Å²) in [6.07, 6.45) is 1.79. The Morgan fingerprint density at radius 2 is 2.10 bits per heavy atom. The van der Waals surface area contributed by atoms with Crippen molar-refractivity contribution < 1.29 is 4.39 Å². The fraction of sp³-hybridized carbons (Fsp3) is 0.133. The summed E-state index contributed by atoms with van der Waals surface area (Å²) in [6, 6.07) is 11.1. The van der Waals surface area contributed by atoms with Crippen LogP contribution in [0.15, 0.2) is 47.1 Å². The summed E-state index contributed by atoms with van der Waals surface area (Å²) >= 11 is 3.21. The first-order valence-electron chi connectivity index (χ1n) is 6.28. The molecule has 3 rings (SSSR count). The Morgan fingerprint density at radius 1 is 1.25 bits per heavy atom. The summed E-state index contributed by atoms with van der Waals surface area (Å²) in [7, 11) is 0. The number of halogens is 2. The van der Waals surface area contributed by atoms with E-state index in [0.29, 0.717) is 4.47 Å². The van der Waals surface area contributed by atoms with Gasteiger partial charge >= 0.3 is 0 Å². The van der Waals surface area contributed by atoms with Crippen molar-refractivity contribution in [2.45, 2.75) is 13.0 Å². The summed E-state index contributed by atoms with van der Waals surface area (Å²) in [5.41, 5.74) is 3.03. The molecule has 0 aliphatic heterocycles. The number of nitrogens with one attached hydrogen (secondary N) is 2. The van der Waals surface area contributed by atoms with E-state index in [1.54, 1.807) is 18.3 Å². The number of aromatic nitrogens is 2. The molecule has 2 N–H and O–H groups in total. The Hall–Kier alpha value is -1.88. The van der Waals surface area contributed by atoms with Crippen LogP contribution >= 0.6 is 15.9 Å². The second-order valence-electron chi connectivity index (χ2n) is 4.71. The molecular formula is C15H13BrFN3. The van der Waals surface area contributed by atoms with E-state index in [4.69, 9.17) is 0 Å². The molecule has 0 amide bonds. The van der Waals surface area contributed by atoms with Gasteiger partial charge < -0.3 is 5.32 Å². The van der Waals surface area contributed by atoms with Crippen molar-refractivity contribution in [2.24, 2.45) is 0 Å². The number of H-pyrrole nitrogens is 1. The van der Waals surface area contributed by atoms with Crippen LogP contribution in [0.1, 0.15) is 18.5 Å². The van der Waals surface area contributed by atoms with Gasteiger partial charge in [0.2, 0.25) is 0 Å². The van der Waals surface area contributed by atoms with Gasteiger partial charge in [-0.1, -0.05) is 6.07 Å². The minimum Gasteiger partial charge on any atom is -0.379 e. The van der Waals surface area contributed by atoms with Crippen LogP contribution in [0.25, 0.3) is 10.9 Å². The van der Waals surface area contributed by atoms with E-state index in [-0.39, 0.29) is 11.9 Å². The monoisotopic (exact) mass is 333 g/mol. The molecule has 3 aromatic rings. The lowest BCUT2D eigenvalue weighted by Gasteiger charge is -2.16. The topological polar surface area (TPSA) is 40.7 Å². The first-order valence-corrected chi connectivity index (χ1v) is 7.07. The molecule has 0 saturated heterocycles. The van der Waals surface area contributed by atoms with Gasteiger partial charge in [0.15, 0.2) is 0 Å². The van der Waals surface area contributed by atoms with E-state index in [2.05, 4.69) is 31.4 Å². The van der Waals surface area contributed by atoms with E-state index in [0.717, 1.165) is 22.2 Å². The molecule has 1 heterocycles. The van der Waals surface area contributed by atoms with Crippen LogP contribution < -0.4 is 5.32 Å². The average Bonchev–Trinajstić information content (AvgIpc) is 2.89. The number of fused-ring (bicyclic) bond motifs is 1. The molecule has 5 heteroatoms. The molecule has 3 nitrogen and oxygen atoms in total. The largest absolute Gasteiger partial charge is 0.379 e. The number of hydrogen-bond acceptors (Lipinski definition) is 2. The summed E-state index contributed by atoms with van der Waals surface area (Å²) in [5.74, 6) is -0.249. The van der Waals surface area contributed by atoms with Crippen molar-refractivity contribution in [1.29, 1.82) is 0 Å². The van der Waals surface area contributed by atoms with Crippen molar-refractivity contribution in [3.8, 4) is 0 Å². The minimum atomic E-state index is -0.249. The molecule has 0 fully saturated rings. The number of aromatic amines is 1. The van der Waals surface area contributed by atoms with Crippen LogP contribution in [0, 0.1) is 5.82 Å². The van der Waals surface area contributed by atoms with E-state index in [9.17, 15) is 4.39 Å². The highest BCUT2D eigenvalue weighted by atomic mass is 79.9. The quantitative estimate of drug-likeness (QED) is 0.733. The number of anilines is 1. The first-order chi connectivity index (χ1) is 9.63. The second-order valence-corrected chi connectivity index (χ2v) is 5.57. The minimum absolute atomic E-state index is 0.0799. The zero-order valence-electron chi connectivity index (χ0n) is 10.8. The van der Waals surface area contributed by atoms with Gasteiger partial charge in [0, 0.05) is 17.1 Å². The predicted molar refractivity (Wildman–Crippen MR) is 82.2 cm³/mol. The maximum absolute atomic E-state index is 13.3. The van der Waals surface area contributed by atoms with E-state index >= 15 is 0 Å². The fourth-order valence-corrected chi connectivity index (χ4v) is 2.54. The molecule has 20 heavy (non-hydrogen) atoms. The summed E-state index contributed by atoms with van der Waals surface area (Å²) in [5, 5.41) is 11.4. The third-order valence-corrected chi connectivity index (χ3v) is 3.87. The lowest BCUT2D eigenvalue weighted by molar-refractivity contribution is 0.619. The summed E-state index contributed by atoms with van der Waals surface area (Å²) in [4.78, 5) is 0. The number of rotatable bonds is 3. The molecule has 1 atom stereocenters. The third kappa shape index (κ3) is 2.54. The molecular weight excluding hydrogens is 321 g/mol. The van der Waals surface area contributed by atoms with E-state index < -0.39 is 0 Å². The Morgan fingerprint density at radius 3 is 2.90 bits per heavy atom. The van der Waals surface area contributed by atoms with Gasteiger partial charge in [-0.2, -0.15) is 5.10 Å². The van der Waals surface area contributed by atoms with Crippen molar-refractivity contribution in [1.82, 2.24) is 10.2 Å². The highest BCUT2D eigenvalue weighted by Crippen LogP contribution is 2.25. The zero-order chi connectivity index (χ0) is 14.1. The van der Waals surface area contributed by atoms with Gasteiger partial charge in [-0.3, -0.25) is 5.10 Å². The van der Waals surface area contributed by atoms with Crippen molar-refractivity contribution >= 4 is 32.5 Å². The van der Waals surface area contributed by atoms with Gasteiger partial charge in [-0.15, -0.1) is 0 Å². The Labute approximate surface area is 124 Å². The van der Waals surface area contributed by atoms with Crippen LogP contribution in [0.3, 0.4) is 0 Å². The molecule has 0 bridgehead atoms. The number of benzene rings is 2. The molecule has 1 unspecified atom stereocenters. The SMILES string of the molecule is CC(Nc1ccc2[nH]ncc2c1)c1ccc(F)c(Br)c1. The summed E-state index contributed by atoms with van der Waals surface area (Å²) < 4.78 is 13.7. The highest BCUT2D eigenvalue weighted by Gasteiger charge is 2.08. The second kappa shape index (κ2) is 5.25. The smallest absolute Gasteiger partial charge is 0.137 e. The molecule has 0 saturated carbocycles. The fourth-order valence-electron chi connectivity index (χ4n) is 2.15. The number of hydrogen-bond donors (Lipinski definition) is 2. The molecule has 102 valence electrons. The highest BCUT2D eigenvalue weighted by molar-refractivity contribution is 9.10. The van der Waals surface area contributed by atoms with Crippen molar-refractivity contribution in [2.75, 3.05) is 5.32 Å². The first kappa shape index (κ1) is 13.1. The zero-order valence-corrected chi connectivity index (χ0v) is 12.4. The normalized spacial score (nSPS) is 12.6. The average molecular weight is 334 g/mol. The van der Waals surface area contributed by atoms with Crippen LogP contribution in [-0.4, -0.2) is 10.2 Å². The Bertz CT molecular complexity index is 754. The maximum atomic E-state index is 13.3. The van der Waals surface area contributed by atoms with E-state index in [1.165, 1.54) is 6.07 Å². The molecule has 0 radical (unpaired) electrons. The maximum Gasteiger partial charge on any atom is 0.137 e. The standard InChI is InChI=1S/C15H13BrFN3/c1-9(10-2-4-14(17)13(16)7-10)19-12-3-5-15-11(6-12)8-18-20-15/h2-9,19H,1H3,(H,18,20). The number of nitrogens with zero attached hydrogens (tertiary/aromatic N) is 1. The van der Waals surface area contributed by atoms with Crippen LogP contribution in [0.5, 0.6) is 0 Å². The van der Waals surface area contributed by atoms with Gasteiger partial charge in [-0.05, 0) is 58.7 Å². The lowest BCUT2D eigenvalue weighted by atomic mass is 10.1. The Balaban J connectivity index is 1.83. The van der Waals surface area contributed by atoms with Gasteiger partial charge in [0.05, 0.1) is 16.2 Å². The molecule has 0 aliphatic rings. The van der Waals surface area contributed by atoms with Crippen molar-refractivity contribution in [3.63, 3.8) is 0 Å². The van der Waals surface area contributed by atoms with Gasteiger partial charge in [0.1, 0.15) is 5.82 Å². The van der Waals surface area contributed by atoms with Gasteiger partial charge in [-0.25, -0.2) is 4.39 Å². The van der Waals surface area contributed by atoms with Crippen LogP contribution in [-0.2, 0) is 0 Å².